The Morgan fingerprint density at radius 1 is 0.303 bits per heavy atom. The molecule has 0 rings (SSSR count). The molecule has 0 aliphatic rings. The fraction of sp³-hybridized carbons (Fsp3) is 0.967. The Morgan fingerprint density at radius 2 is 0.545 bits per heavy atom. The van der Waals surface area contributed by atoms with Crippen LogP contribution >= 0.6 is 0 Å². The minimum Gasteiger partial charge on any atom is -0.465 e. The van der Waals surface area contributed by atoms with E-state index in [0.29, 0.717) is 13.2 Å². The Morgan fingerprint density at radius 3 is 0.788 bits per heavy atom. The van der Waals surface area contributed by atoms with E-state index >= 15 is 0 Å². The highest BCUT2D eigenvalue weighted by atomic mass is 16.5. The lowest BCUT2D eigenvalue weighted by atomic mass is 9.94. The van der Waals surface area contributed by atoms with Crippen molar-refractivity contribution in [3.8, 4) is 0 Å². The summed E-state index contributed by atoms with van der Waals surface area (Å²) in [4.78, 5) is 31.7. The lowest BCUT2D eigenvalue weighted by molar-refractivity contribution is -0.150. The van der Waals surface area contributed by atoms with Crippen LogP contribution in [-0.2, 0) is 19.1 Å². The highest BCUT2D eigenvalue weighted by molar-refractivity contribution is 5.72. The highest BCUT2D eigenvalue weighted by Gasteiger charge is 2.21. The number of carbonyl (C=O) groups is 2. The van der Waals surface area contributed by atoms with Crippen LogP contribution < -0.4 is 0 Å². The molecule has 0 aromatic rings. The zero-order chi connectivity index (χ0) is 48.2. The first kappa shape index (κ1) is 64.9. The quantitative estimate of drug-likeness (QED) is 0.0447. The van der Waals surface area contributed by atoms with Gasteiger partial charge >= 0.3 is 11.9 Å². The number of esters is 2. The van der Waals surface area contributed by atoms with Crippen LogP contribution in [0.5, 0.6) is 0 Å². The van der Waals surface area contributed by atoms with Crippen molar-refractivity contribution in [1.82, 2.24) is 9.80 Å². The second kappa shape index (κ2) is 53.2. The van der Waals surface area contributed by atoms with Crippen molar-refractivity contribution in [3.63, 3.8) is 0 Å². The number of rotatable bonds is 55. The summed E-state index contributed by atoms with van der Waals surface area (Å²) in [5, 5.41) is 0. The van der Waals surface area contributed by atoms with Crippen molar-refractivity contribution in [2.75, 3.05) is 53.5 Å². The number of nitrogens with zero attached hydrogens (tertiary/aromatic N) is 2. The van der Waals surface area contributed by atoms with E-state index in [4.69, 9.17) is 9.47 Å². The number of hydrogen-bond donors (Lipinski definition) is 0. The van der Waals surface area contributed by atoms with E-state index in [9.17, 15) is 9.59 Å². The Labute approximate surface area is 414 Å². The zero-order valence-corrected chi connectivity index (χ0v) is 46.0. The fourth-order valence-electron chi connectivity index (χ4n) is 9.70. The molecule has 394 valence electrons. The van der Waals surface area contributed by atoms with Gasteiger partial charge in [0.25, 0.3) is 0 Å². The summed E-state index contributed by atoms with van der Waals surface area (Å²) >= 11 is 0. The van der Waals surface area contributed by atoms with Gasteiger partial charge < -0.3 is 19.3 Å². The molecule has 2 atom stereocenters. The highest BCUT2D eigenvalue weighted by Crippen LogP contribution is 2.23. The largest absolute Gasteiger partial charge is 0.465 e. The molecule has 0 bridgehead atoms. The summed E-state index contributed by atoms with van der Waals surface area (Å²) in [7, 11) is 4.30. The van der Waals surface area contributed by atoms with Gasteiger partial charge in [0.15, 0.2) is 0 Å². The Hall–Kier alpha value is -1.14. The molecule has 0 aromatic carbocycles. The topological polar surface area (TPSA) is 59.1 Å². The van der Waals surface area contributed by atoms with E-state index in [0.717, 1.165) is 103 Å². The van der Waals surface area contributed by atoms with E-state index in [2.05, 4.69) is 51.6 Å². The lowest BCUT2D eigenvalue weighted by Crippen LogP contribution is -2.33. The minimum absolute atomic E-state index is 0.0661. The summed E-state index contributed by atoms with van der Waals surface area (Å²) in [5.41, 5.74) is 0. The van der Waals surface area contributed by atoms with Crippen LogP contribution in [0.1, 0.15) is 310 Å². The SMILES string of the molecule is CCCCCCCCCCCCC(CCCCCCCCCC)C(=O)OCCCCN(CCCCOC(=O)C(CCCCCCCCCC)CCCCCCCCCCCC)CCN(C)C. The summed E-state index contributed by atoms with van der Waals surface area (Å²) in [5.74, 6) is 0.280. The standard InChI is InChI=1S/C60H120N2O4/c1-7-11-15-19-23-27-29-33-37-41-49-57(47-39-35-31-25-21-17-13-9-3)59(63)65-55-45-43-51-62(54-53-61(5)6)52-44-46-56-66-60(64)58(48-40-36-32-26-22-18-14-10-4)50-42-38-34-30-28-24-20-16-12-8-2/h57-58H,7-56H2,1-6H3. The van der Waals surface area contributed by atoms with Crippen LogP contribution in [0.2, 0.25) is 0 Å². The van der Waals surface area contributed by atoms with Gasteiger partial charge in [-0.3, -0.25) is 9.59 Å². The molecule has 66 heavy (non-hydrogen) atoms. The molecule has 0 heterocycles. The van der Waals surface area contributed by atoms with Gasteiger partial charge in [-0.05, 0) is 78.6 Å². The summed E-state index contributed by atoms with van der Waals surface area (Å²) in [6.07, 6.45) is 55.4. The molecule has 0 spiro atoms. The minimum atomic E-state index is 0.0661. The van der Waals surface area contributed by atoms with Crippen LogP contribution in [0.25, 0.3) is 0 Å². The fourth-order valence-corrected chi connectivity index (χ4v) is 9.70. The van der Waals surface area contributed by atoms with E-state index < -0.39 is 0 Å². The maximum absolute atomic E-state index is 13.4. The summed E-state index contributed by atoms with van der Waals surface area (Å²) in [6, 6.07) is 0. The third kappa shape index (κ3) is 46.6. The second-order valence-electron chi connectivity index (χ2n) is 21.3. The van der Waals surface area contributed by atoms with E-state index in [1.165, 1.54) is 205 Å². The molecule has 6 nitrogen and oxygen atoms in total. The van der Waals surface area contributed by atoms with E-state index in [1.54, 1.807) is 0 Å². The number of hydrogen-bond acceptors (Lipinski definition) is 6. The van der Waals surface area contributed by atoms with Gasteiger partial charge in [-0.25, -0.2) is 0 Å². The van der Waals surface area contributed by atoms with Gasteiger partial charge in [0.05, 0.1) is 25.0 Å². The van der Waals surface area contributed by atoms with E-state index in [1.807, 2.05) is 0 Å². The Kier molecular flexibility index (Phi) is 52.3. The Balaban J connectivity index is 4.79. The average Bonchev–Trinajstić information content (AvgIpc) is 3.31. The molecule has 0 saturated carbocycles. The zero-order valence-electron chi connectivity index (χ0n) is 46.0. The lowest BCUT2D eigenvalue weighted by Gasteiger charge is -2.24. The van der Waals surface area contributed by atoms with Crippen LogP contribution in [0.4, 0.5) is 0 Å². The summed E-state index contributed by atoms with van der Waals surface area (Å²) in [6.45, 7) is 14.3. The van der Waals surface area contributed by atoms with Crippen LogP contribution in [0, 0.1) is 11.8 Å². The first-order valence-corrected chi connectivity index (χ1v) is 30.1. The smallest absolute Gasteiger partial charge is 0.308 e. The molecule has 0 aromatic heterocycles. The number of unbranched alkanes of at least 4 members (excludes halogenated alkanes) is 34. The maximum Gasteiger partial charge on any atom is 0.308 e. The van der Waals surface area contributed by atoms with Gasteiger partial charge in [-0.15, -0.1) is 0 Å². The number of carbonyl (C=O) groups excluding carboxylic acids is 2. The van der Waals surface area contributed by atoms with E-state index in [-0.39, 0.29) is 23.8 Å². The van der Waals surface area contributed by atoms with Crippen molar-refractivity contribution in [3.05, 3.63) is 0 Å². The van der Waals surface area contributed by atoms with Gasteiger partial charge in [-0.2, -0.15) is 0 Å². The molecule has 0 amide bonds. The van der Waals surface area contributed by atoms with Gasteiger partial charge in [-0.1, -0.05) is 259 Å². The molecule has 0 aliphatic heterocycles. The first-order valence-electron chi connectivity index (χ1n) is 30.1. The molecular formula is C60H120N2O4. The third-order valence-corrected chi connectivity index (χ3v) is 14.4. The van der Waals surface area contributed by atoms with Gasteiger partial charge in [0, 0.05) is 13.1 Å². The molecule has 0 saturated heterocycles. The van der Waals surface area contributed by atoms with Crippen LogP contribution in [0.15, 0.2) is 0 Å². The monoisotopic (exact) mass is 933 g/mol. The molecular weight excluding hydrogens is 813 g/mol. The van der Waals surface area contributed by atoms with Crippen LogP contribution in [-0.4, -0.2) is 75.2 Å². The van der Waals surface area contributed by atoms with Crippen molar-refractivity contribution in [2.45, 2.75) is 310 Å². The molecule has 0 fully saturated rings. The average molecular weight is 934 g/mol. The normalized spacial score (nSPS) is 12.7. The molecule has 2 unspecified atom stereocenters. The molecule has 6 heteroatoms. The van der Waals surface area contributed by atoms with Gasteiger partial charge in [0.2, 0.25) is 0 Å². The van der Waals surface area contributed by atoms with Crippen molar-refractivity contribution >= 4 is 11.9 Å². The van der Waals surface area contributed by atoms with Crippen molar-refractivity contribution < 1.29 is 19.1 Å². The molecule has 0 radical (unpaired) electrons. The molecule has 0 aliphatic carbocycles. The summed E-state index contributed by atoms with van der Waals surface area (Å²) < 4.78 is 12.0. The third-order valence-electron chi connectivity index (χ3n) is 14.4. The Bertz CT molecular complexity index is 904. The second-order valence-corrected chi connectivity index (χ2v) is 21.3. The maximum atomic E-state index is 13.4. The van der Waals surface area contributed by atoms with Crippen molar-refractivity contribution in [2.24, 2.45) is 11.8 Å². The predicted molar refractivity (Wildman–Crippen MR) is 290 cm³/mol. The molecule has 0 N–H and O–H groups in total. The predicted octanol–water partition coefficient (Wildman–Crippen LogP) is 18.4. The van der Waals surface area contributed by atoms with Gasteiger partial charge in [0.1, 0.15) is 0 Å². The van der Waals surface area contributed by atoms with Crippen molar-refractivity contribution in [1.29, 1.82) is 0 Å². The van der Waals surface area contributed by atoms with Crippen LogP contribution in [0.3, 0.4) is 0 Å². The number of likely N-dealkylation sites (N-methyl/N-ethyl adjacent to an activating group) is 1. The number of ether oxygens (including phenoxy) is 2. The first-order chi connectivity index (χ1) is 32.4.